The number of alkyl halides is 1. The molecular weight excluding hydrogens is 452 g/mol. The van der Waals surface area contributed by atoms with Crippen molar-refractivity contribution in [1.29, 1.82) is 5.41 Å². The number of carbonyl (C=O) groups is 2. The highest BCUT2D eigenvalue weighted by Gasteiger charge is 2.29. The maximum atomic E-state index is 13.2. The molecule has 182 valence electrons. The first-order valence-electron chi connectivity index (χ1n) is 12.1. The number of nitrogens with one attached hydrogen (secondary N) is 2. The molecule has 1 aliphatic carbocycles. The summed E-state index contributed by atoms with van der Waals surface area (Å²) in [7, 11) is 1.54. The third-order valence-corrected chi connectivity index (χ3v) is 7.22. The lowest BCUT2D eigenvalue weighted by Crippen LogP contribution is -2.39. The minimum Gasteiger partial charge on any atom is -0.340 e. The fourth-order valence-corrected chi connectivity index (χ4v) is 4.80. The van der Waals surface area contributed by atoms with Crippen molar-refractivity contribution in [1.82, 2.24) is 19.8 Å². The molecule has 2 N–H and O–H groups in total. The molecule has 9 heteroatoms. The number of hydrogen-bond acceptors (Lipinski definition) is 5. The van der Waals surface area contributed by atoms with Crippen LogP contribution in [0.15, 0.2) is 30.6 Å². The number of rotatable bonds is 6. The summed E-state index contributed by atoms with van der Waals surface area (Å²) >= 11 is 6.22. The van der Waals surface area contributed by atoms with E-state index >= 15 is 0 Å². The number of hydrogen-bond donors (Lipinski definition) is 2. The van der Waals surface area contributed by atoms with E-state index in [1.54, 1.807) is 25.5 Å². The molecule has 0 atom stereocenters. The van der Waals surface area contributed by atoms with Crippen LogP contribution in [0.4, 0.5) is 16.3 Å². The van der Waals surface area contributed by atoms with Gasteiger partial charge in [-0.1, -0.05) is 13.3 Å². The fraction of sp³-hybridized carbons (Fsp3) is 0.520. The van der Waals surface area contributed by atoms with Gasteiger partial charge in [0.25, 0.3) is 5.91 Å². The van der Waals surface area contributed by atoms with Crippen molar-refractivity contribution in [3.8, 4) is 0 Å². The molecule has 1 saturated carbocycles. The average Bonchev–Trinajstić information content (AvgIpc) is 2.81. The minimum absolute atomic E-state index is 0.0185. The Balaban J connectivity index is 1.69. The van der Waals surface area contributed by atoms with Gasteiger partial charge in [0.05, 0.1) is 5.56 Å². The topological polar surface area (TPSA) is 94.3 Å². The number of likely N-dealkylation sites (tertiary alicyclic amines) is 1. The Morgan fingerprint density at radius 2 is 1.97 bits per heavy atom. The predicted octanol–water partition coefficient (Wildman–Crippen LogP) is 4.21. The van der Waals surface area contributed by atoms with Crippen molar-refractivity contribution in [2.45, 2.75) is 56.7 Å². The largest absolute Gasteiger partial charge is 0.340 e. The first kappa shape index (κ1) is 24.3. The summed E-state index contributed by atoms with van der Waals surface area (Å²) in [5.41, 5.74) is 2.62. The van der Waals surface area contributed by atoms with Crippen molar-refractivity contribution in [3.05, 3.63) is 47.2 Å². The number of pyridine rings is 2. The molecule has 2 amide bonds. The first-order chi connectivity index (χ1) is 16.4. The summed E-state index contributed by atoms with van der Waals surface area (Å²) in [4.78, 5) is 34.0. The summed E-state index contributed by atoms with van der Waals surface area (Å²) in [6, 6.07) is 5.20. The SMILES string of the molecule is CCCN(c1ccn(C(=O)NC)c(=N)c1)c1ncc(C(=O)N2CCC(Cl)CC2)cc1C1CCC1. The molecule has 34 heavy (non-hydrogen) atoms. The van der Waals surface area contributed by atoms with E-state index in [0.29, 0.717) is 31.1 Å². The molecule has 0 spiro atoms. The van der Waals surface area contributed by atoms with Gasteiger partial charge in [-0.3, -0.25) is 14.8 Å². The zero-order valence-electron chi connectivity index (χ0n) is 19.9. The highest BCUT2D eigenvalue weighted by molar-refractivity contribution is 6.20. The number of nitrogens with zero attached hydrogens (tertiary/aromatic N) is 4. The predicted molar refractivity (Wildman–Crippen MR) is 133 cm³/mol. The second-order valence-electron chi connectivity index (χ2n) is 9.08. The first-order valence-corrected chi connectivity index (χ1v) is 12.6. The Morgan fingerprint density at radius 1 is 1.24 bits per heavy atom. The Kier molecular flexibility index (Phi) is 7.56. The second-order valence-corrected chi connectivity index (χ2v) is 9.70. The van der Waals surface area contributed by atoms with Gasteiger partial charge in [-0.25, -0.2) is 9.78 Å². The van der Waals surface area contributed by atoms with E-state index in [0.717, 1.165) is 49.2 Å². The van der Waals surface area contributed by atoms with Gasteiger partial charge in [-0.2, -0.15) is 0 Å². The lowest BCUT2D eigenvalue weighted by atomic mass is 9.79. The fourth-order valence-electron chi connectivity index (χ4n) is 4.61. The lowest BCUT2D eigenvalue weighted by molar-refractivity contribution is 0.0726. The molecule has 0 bridgehead atoms. The molecule has 8 nitrogen and oxygen atoms in total. The summed E-state index contributed by atoms with van der Waals surface area (Å²) in [5.74, 6) is 1.22. The van der Waals surface area contributed by atoms with Crippen molar-refractivity contribution in [2.75, 3.05) is 31.6 Å². The highest BCUT2D eigenvalue weighted by atomic mass is 35.5. The van der Waals surface area contributed by atoms with Crippen LogP contribution in [0, 0.1) is 5.41 Å². The molecule has 4 rings (SSSR count). The van der Waals surface area contributed by atoms with E-state index < -0.39 is 0 Å². The Hall–Kier alpha value is -2.87. The standard InChI is InChI=1S/C25H33ClN6O2/c1-3-10-31(20-9-13-32(22(27)15-20)25(34)28-2)23-21(17-5-4-6-17)14-18(16-29-23)24(33)30-11-7-19(26)8-12-30/h9,13-17,19,27H,3-8,10-12H2,1-2H3,(H,28,34). The van der Waals surface area contributed by atoms with Gasteiger partial charge in [0.15, 0.2) is 0 Å². The van der Waals surface area contributed by atoms with Crippen LogP contribution in [0.25, 0.3) is 0 Å². The number of halogens is 1. The van der Waals surface area contributed by atoms with Gasteiger partial charge in [0.2, 0.25) is 0 Å². The van der Waals surface area contributed by atoms with E-state index in [1.807, 2.05) is 17.0 Å². The van der Waals surface area contributed by atoms with Gasteiger partial charge in [0, 0.05) is 56.2 Å². The van der Waals surface area contributed by atoms with Crippen molar-refractivity contribution < 1.29 is 9.59 Å². The van der Waals surface area contributed by atoms with E-state index in [-0.39, 0.29) is 22.8 Å². The molecule has 2 aromatic heterocycles. The van der Waals surface area contributed by atoms with Crippen molar-refractivity contribution in [2.24, 2.45) is 0 Å². The van der Waals surface area contributed by atoms with Gasteiger partial charge >= 0.3 is 6.03 Å². The Bertz CT molecular complexity index is 1100. The van der Waals surface area contributed by atoms with Crippen LogP contribution in [0.2, 0.25) is 0 Å². The molecule has 1 saturated heterocycles. The molecule has 2 fully saturated rings. The van der Waals surface area contributed by atoms with Crippen LogP contribution in [-0.4, -0.2) is 58.4 Å². The molecule has 0 unspecified atom stereocenters. The van der Waals surface area contributed by atoms with Gasteiger partial charge < -0.3 is 15.1 Å². The monoisotopic (exact) mass is 484 g/mol. The number of aromatic nitrogens is 2. The Morgan fingerprint density at radius 3 is 2.56 bits per heavy atom. The van der Waals surface area contributed by atoms with Crippen LogP contribution in [0.3, 0.4) is 0 Å². The molecule has 2 aliphatic rings. The Labute approximate surface area is 205 Å². The number of anilines is 2. The summed E-state index contributed by atoms with van der Waals surface area (Å²) < 4.78 is 1.26. The molecular formula is C25H33ClN6O2. The van der Waals surface area contributed by atoms with Crippen LogP contribution < -0.4 is 15.7 Å². The van der Waals surface area contributed by atoms with Gasteiger partial charge in [-0.05, 0) is 55.7 Å². The smallest absolute Gasteiger partial charge is 0.326 e. The van der Waals surface area contributed by atoms with Crippen molar-refractivity contribution in [3.63, 3.8) is 0 Å². The number of piperidine rings is 1. The summed E-state index contributed by atoms with van der Waals surface area (Å²) in [6.07, 6.45) is 9.16. The van der Waals surface area contributed by atoms with E-state index in [2.05, 4.69) is 17.1 Å². The summed E-state index contributed by atoms with van der Waals surface area (Å²) in [6.45, 7) is 4.17. The van der Waals surface area contributed by atoms with Crippen LogP contribution >= 0.6 is 11.6 Å². The lowest BCUT2D eigenvalue weighted by Gasteiger charge is -2.33. The maximum Gasteiger partial charge on any atom is 0.326 e. The maximum absolute atomic E-state index is 13.2. The number of amides is 2. The van der Waals surface area contributed by atoms with E-state index in [9.17, 15) is 9.59 Å². The summed E-state index contributed by atoms with van der Waals surface area (Å²) in [5, 5.41) is 11.0. The second kappa shape index (κ2) is 10.6. The zero-order chi connectivity index (χ0) is 24.2. The van der Waals surface area contributed by atoms with Crippen LogP contribution in [0.5, 0.6) is 0 Å². The molecule has 2 aromatic rings. The molecule has 3 heterocycles. The molecule has 0 aromatic carbocycles. The quantitative estimate of drug-likeness (QED) is 0.600. The van der Waals surface area contributed by atoms with Crippen molar-refractivity contribution >= 4 is 35.0 Å². The van der Waals surface area contributed by atoms with Crippen LogP contribution in [0.1, 0.15) is 67.3 Å². The zero-order valence-corrected chi connectivity index (χ0v) is 20.6. The number of carbonyl (C=O) groups excluding carboxylic acids is 2. The normalized spacial score (nSPS) is 16.7. The van der Waals surface area contributed by atoms with Gasteiger partial charge in [0.1, 0.15) is 11.3 Å². The third kappa shape index (κ3) is 4.97. The molecule has 0 radical (unpaired) electrons. The van der Waals surface area contributed by atoms with Crippen LogP contribution in [-0.2, 0) is 0 Å². The van der Waals surface area contributed by atoms with E-state index in [4.69, 9.17) is 22.0 Å². The molecule has 1 aliphatic heterocycles. The minimum atomic E-state index is -0.354. The van der Waals surface area contributed by atoms with Gasteiger partial charge in [-0.15, -0.1) is 11.6 Å². The highest BCUT2D eigenvalue weighted by Crippen LogP contribution is 2.42. The third-order valence-electron chi connectivity index (χ3n) is 6.78. The van der Waals surface area contributed by atoms with E-state index in [1.165, 1.54) is 11.0 Å². The average molecular weight is 485 g/mol.